The van der Waals surface area contributed by atoms with Crippen molar-refractivity contribution in [1.82, 2.24) is 9.88 Å². The summed E-state index contributed by atoms with van der Waals surface area (Å²) in [6.07, 6.45) is 0. The van der Waals surface area contributed by atoms with E-state index in [1.807, 2.05) is 40.4 Å². The Kier molecular flexibility index (Phi) is 4.25. The van der Waals surface area contributed by atoms with Gasteiger partial charge in [-0.05, 0) is 46.0 Å². The molecule has 0 spiro atoms. The summed E-state index contributed by atoms with van der Waals surface area (Å²) in [5.41, 5.74) is 2.13. The first-order valence-corrected chi connectivity index (χ1v) is 9.48. The van der Waals surface area contributed by atoms with Crippen LogP contribution < -0.4 is 11.1 Å². The van der Waals surface area contributed by atoms with Crippen LogP contribution >= 0.6 is 22.7 Å². The zero-order valence-corrected chi connectivity index (χ0v) is 14.7. The average Bonchev–Trinajstić information content (AvgIpc) is 3.35. The molecule has 1 unspecified atom stereocenters. The highest BCUT2D eigenvalue weighted by molar-refractivity contribution is 7.10. The summed E-state index contributed by atoms with van der Waals surface area (Å²) in [5.74, 6) is -0.766. The summed E-state index contributed by atoms with van der Waals surface area (Å²) >= 11 is 3.17. The molecule has 0 fully saturated rings. The Bertz CT molecular complexity index is 1010. The first-order chi connectivity index (χ1) is 12.2. The van der Waals surface area contributed by atoms with Crippen molar-refractivity contribution in [1.29, 1.82) is 0 Å². The fourth-order valence-corrected chi connectivity index (χ4v) is 4.22. The summed E-state index contributed by atoms with van der Waals surface area (Å²) in [7, 11) is 0. The van der Waals surface area contributed by atoms with Crippen LogP contribution in [0, 0.1) is 0 Å². The van der Waals surface area contributed by atoms with Crippen molar-refractivity contribution in [2.24, 2.45) is 0 Å². The molecule has 4 aromatic rings. The number of oxazole rings is 1. The van der Waals surface area contributed by atoms with E-state index in [-0.39, 0.29) is 18.5 Å². The molecule has 0 radical (unpaired) electrons. The van der Waals surface area contributed by atoms with Crippen molar-refractivity contribution in [2.75, 3.05) is 0 Å². The molecular formula is C18H14N2O3S2. The maximum absolute atomic E-state index is 12.6. The molecule has 25 heavy (non-hydrogen) atoms. The van der Waals surface area contributed by atoms with Gasteiger partial charge in [-0.2, -0.15) is 11.3 Å². The third-order valence-electron chi connectivity index (χ3n) is 3.88. The van der Waals surface area contributed by atoms with Gasteiger partial charge in [0.1, 0.15) is 6.54 Å². The van der Waals surface area contributed by atoms with Gasteiger partial charge in [-0.15, -0.1) is 11.3 Å². The zero-order chi connectivity index (χ0) is 17.2. The number of carbonyl (C=O) groups excluding carboxylic acids is 1. The number of benzene rings is 1. The van der Waals surface area contributed by atoms with Gasteiger partial charge in [0.25, 0.3) is 0 Å². The molecule has 4 rings (SSSR count). The van der Waals surface area contributed by atoms with E-state index in [0.717, 1.165) is 10.4 Å². The van der Waals surface area contributed by atoms with Crippen molar-refractivity contribution in [3.63, 3.8) is 0 Å². The molecule has 0 aliphatic heterocycles. The normalized spacial score (nSPS) is 12.3. The molecule has 3 heterocycles. The second kappa shape index (κ2) is 6.70. The van der Waals surface area contributed by atoms with Gasteiger partial charge in [0.15, 0.2) is 5.58 Å². The minimum Gasteiger partial charge on any atom is -0.408 e. The molecule has 7 heteroatoms. The predicted molar refractivity (Wildman–Crippen MR) is 99.1 cm³/mol. The average molecular weight is 370 g/mol. The van der Waals surface area contributed by atoms with Gasteiger partial charge < -0.3 is 9.73 Å². The molecular weight excluding hydrogens is 356 g/mol. The number of carbonyl (C=O) groups is 1. The maximum Gasteiger partial charge on any atom is 0.420 e. The van der Waals surface area contributed by atoms with Gasteiger partial charge in [0, 0.05) is 4.88 Å². The number of fused-ring (bicyclic) bond motifs is 1. The number of para-hydroxylation sites is 2. The number of hydrogen-bond acceptors (Lipinski definition) is 5. The van der Waals surface area contributed by atoms with Crippen molar-refractivity contribution in [3.05, 3.63) is 79.6 Å². The van der Waals surface area contributed by atoms with E-state index in [1.54, 1.807) is 40.9 Å². The molecule has 0 aliphatic carbocycles. The van der Waals surface area contributed by atoms with Gasteiger partial charge in [0.2, 0.25) is 5.91 Å². The van der Waals surface area contributed by atoms with Crippen molar-refractivity contribution >= 4 is 39.7 Å². The second-order valence-electron chi connectivity index (χ2n) is 5.49. The summed E-state index contributed by atoms with van der Waals surface area (Å²) < 4.78 is 6.53. The quantitative estimate of drug-likeness (QED) is 0.583. The van der Waals surface area contributed by atoms with Crippen LogP contribution in [0.4, 0.5) is 0 Å². The number of nitrogens with one attached hydrogen (secondary N) is 1. The Labute approximate surface area is 151 Å². The molecule has 5 nitrogen and oxygen atoms in total. The van der Waals surface area contributed by atoms with Crippen molar-refractivity contribution in [3.8, 4) is 0 Å². The Hall–Kier alpha value is -2.64. The number of nitrogens with zero attached hydrogens (tertiary/aromatic N) is 1. The Morgan fingerprint density at radius 3 is 2.80 bits per heavy atom. The largest absolute Gasteiger partial charge is 0.420 e. The fourth-order valence-electron chi connectivity index (χ4n) is 2.73. The molecule has 1 N–H and O–H groups in total. The summed E-state index contributed by atoms with van der Waals surface area (Å²) in [6, 6.07) is 12.8. The molecule has 0 saturated carbocycles. The summed E-state index contributed by atoms with van der Waals surface area (Å²) in [4.78, 5) is 25.7. The highest BCUT2D eigenvalue weighted by Crippen LogP contribution is 2.27. The van der Waals surface area contributed by atoms with Gasteiger partial charge >= 0.3 is 5.76 Å². The van der Waals surface area contributed by atoms with Crippen LogP contribution in [-0.4, -0.2) is 10.5 Å². The molecule has 0 aliphatic rings. The van der Waals surface area contributed by atoms with Gasteiger partial charge in [-0.1, -0.05) is 18.2 Å². The minimum absolute atomic E-state index is 0.0815. The smallest absolute Gasteiger partial charge is 0.408 e. The van der Waals surface area contributed by atoms with Crippen molar-refractivity contribution in [2.45, 2.75) is 12.6 Å². The zero-order valence-electron chi connectivity index (χ0n) is 13.0. The van der Waals surface area contributed by atoms with E-state index in [0.29, 0.717) is 11.1 Å². The molecule has 126 valence electrons. The molecule has 0 bridgehead atoms. The van der Waals surface area contributed by atoms with Crippen molar-refractivity contribution < 1.29 is 9.21 Å². The van der Waals surface area contributed by atoms with E-state index in [9.17, 15) is 9.59 Å². The van der Waals surface area contributed by atoms with Gasteiger partial charge in [-0.25, -0.2) is 4.79 Å². The van der Waals surface area contributed by atoms with Gasteiger partial charge in [-0.3, -0.25) is 9.36 Å². The van der Waals surface area contributed by atoms with E-state index in [1.165, 1.54) is 4.57 Å². The Morgan fingerprint density at radius 1 is 1.16 bits per heavy atom. The first kappa shape index (κ1) is 15.9. The fraction of sp³-hybridized carbons (Fsp3) is 0.111. The van der Waals surface area contributed by atoms with Crippen LogP contribution in [0.3, 0.4) is 0 Å². The van der Waals surface area contributed by atoms with Crippen LogP contribution in [0.2, 0.25) is 0 Å². The lowest BCUT2D eigenvalue weighted by molar-refractivity contribution is -0.122. The molecule has 3 aromatic heterocycles. The number of rotatable bonds is 5. The van der Waals surface area contributed by atoms with Crippen LogP contribution in [0.15, 0.2) is 67.8 Å². The number of amides is 1. The van der Waals surface area contributed by atoms with E-state index in [2.05, 4.69) is 5.32 Å². The highest BCUT2D eigenvalue weighted by Gasteiger charge is 2.20. The lowest BCUT2D eigenvalue weighted by Crippen LogP contribution is -2.33. The second-order valence-corrected chi connectivity index (χ2v) is 7.25. The lowest BCUT2D eigenvalue weighted by atomic mass is 10.1. The van der Waals surface area contributed by atoms with Crippen LogP contribution in [0.25, 0.3) is 11.1 Å². The third-order valence-corrected chi connectivity index (χ3v) is 5.52. The molecule has 0 saturated heterocycles. The Morgan fingerprint density at radius 2 is 2.04 bits per heavy atom. The highest BCUT2D eigenvalue weighted by atomic mass is 32.1. The predicted octanol–water partition coefficient (Wildman–Crippen LogP) is 3.62. The lowest BCUT2D eigenvalue weighted by Gasteiger charge is -2.16. The SMILES string of the molecule is O=C(Cn1c(=O)oc2ccccc21)NC(c1ccsc1)c1cccs1. The number of thiophene rings is 2. The molecule has 1 atom stereocenters. The third kappa shape index (κ3) is 3.16. The topological polar surface area (TPSA) is 64.2 Å². The number of aromatic nitrogens is 1. The standard InChI is InChI=1S/C18H14N2O3S2/c21-16(10-20-13-4-1-2-5-14(13)23-18(20)22)19-17(12-7-9-24-11-12)15-6-3-8-25-15/h1-9,11,17H,10H2,(H,19,21). The number of hydrogen-bond donors (Lipinski definition) is 1. The van der Waals surface area contributed by atoms with E-state index < -0.39 is 5.76 Å². The van der Waals surface area contributed by atoms with E-state index in [4.69, 9.17) is 4.42 Å². The summed E-state index contributed by atoms with van der Waals surface area (Å²) in [6.45, 7) is -0.0815. The Balaban J connectivity index is 1.60. The first-order valence-electron chi connectivity index (χ1n) is 7.65. The minimum atomic E-state index is -0.528. The van der Waals surface area contributed by atoms with Gasteiger partial charge in [0.05, 0.1) is 11.6 Å². The monoisotopic (exact) mass is 370 g/mol. The van der Waals surface area contributed by atoms with Crippen LogP contribution in [0.5, 0.6) is 0 Å². The molecule has 1 amide bonds. The maximum atomic E-state index is 12.6. The summed E-state index contributed by atoms with van der Waals surface area (Å²) in [5, 5.41) is 9.01. The van der Waals surface area contributed by atoms with E-state index >= 15 is 0 Å². The van der Waals surface area contributed by atoms with Crippen LogP contribution in [-0.2, 0) is 11.3 Å². The van der Waals surface area contributed by atoms with Crippen LogP contribution in [0.1, 0.15) is 16.5 Å². The molecule has 1 aromatic carbocycles.